The first-order chi connectivity index (χ1) is 10.5. The Bertz CT molecular complexity index is 601. The van der Waals surface area contributed by atoms with Gasteiger partial charge in [0.25, 0.3) is 0 Å². The van der Waals surface area contributed by atoms with Crippen LogP contribution in [0.5, 0.6) is 5.75 Å². The van der Waals surface area contributed by atoms with E-state index >= 15 is 0 Å². The quantitative estimate of drug-likeness (QED) is 0.836. The van der Waals surface area contributed by atoms with E-state index in [1.807, 2.05) is 0 Å². The van der Waals surface area contributed by atoms with Crippen molar-refractivity contribution in [3.63, 3.8) is 0 Å². The molecule has 0 aromatic heterocycles. The van der Waals surface area contributed by atoms with Crippen LogP contribution >= 0.6 is 0 Å². The molecule has 0 amide bonds. The van der Waals surface area contributed by atoms with Crippen LogP contribution in [0.1, 0.15) is 32.1 Å². The zero-order valence-corrected chi connectivity index (χ0v) is 13.5. The third kappa shape index (κ3) is 3.97. The van der Waals surface area contributed by atoms with Gasteiger partial charge in [-0.1, -0.05) is 19.3 Å². The van der Waals surface area contributed by atoms with Gasteiger partial charge in [-0.3, -0.25) is 0 Å². The van der Waals surface area contributed by atoms with Crippen molar-refractivity contribution < 1.29 is 17.5 Å². The van der Waals surface area contributed by atoms with Crippen LogP contribution in [0, 0.1) is 11.7 Å². The Morgan fingerprint density at radius 3 is 2.59 bits per heavy atom. The summed E-state index contributed by atoms with van der Waals surface area (Å²) < 4.78 is 46.0. The fraction of sp³-hybridized carbons (Fsp3) is 0.600. The molecule has 22 heavy (non-hydrogen) atoms. The summed E-state index contributed by atoms with van der Waals surface area (Å²) in [6.45, 7) is 0.239. The molecular weight excluding hydrogens is 307 g/mol. The second-order valence-corrected chi connectivity index (χ2v) is 7.37. The number of halogens is 1. The molecule has 0 spiro atoms. The fourth-order valence-corrected chi connectivity index (χ4v) is 4.28. The maximum Gasteiger partial charge on any atom is 0.240 e. The van der Waals surface area contributed by atoms with Crippen molar-refractivity contribution in [1.82, 2.24) is 4.72 Å². The minimum atomic E-state index is -3.79. The lowest BCUT2D eigenvalue weighted by molar-refractivity contribution is 0.294. The number of benzene rings is 1. The molecular formula is C15H23FN2O3S. The normalized spacial score (nSPS) is 18.1. The maximum absolute atomic E-state index is 13.7. The number of ether oxygens (including phenoxy) is 1. The van der Waals surface area contributed by atoms with Gasteiger partial charge in [0.05, 0.1) is 12.0 Å². The molecule has 0 heterocycles. The molecule has 0 aliphatic heterocycles. The molecule has 1 aliphatic rings. The van der Waals surface area contributed by atoms with Crippen LogP contribution in [0.3, 0.4) is 0 Å². The number of hydrogen-bond acceptors (Lipinski definition) is 4. The third-order valence-corrected chi connectivity index (χ3v) is 5.70. The molecule has 1 aliphatic carbocycles. The van der Waals surface area contributed by atoms with Crippen LogP contribution in [0.15, 0.2) is 23.1 Å². The summed E-state index contributed by atoms with van der Waals surface area (Å²) in [7, 11) is -2.46. The second-order valence-electron chi connectivity index (χ2n) is 5.66. The number of rotatable bonds is 6. The highest BCUT2D eigenvalue weighted by Crippen LogP contribution is 2.27. The van der Waals surface area contributed by atoms with Crippen LogP contribution in [-0.2, 0) is 10.0 Å². The van der Waals surface area contributed by atoms with E-state index in [9.17, 15) is 12.8 Å². The molecule has 1 unspecified atom stereocenters. The molecule has 124 valence electrons. The van der Waals surface area contributed by atoms with E-state index in [-0.39, 0.29) is 29.1 Å². The van der Waals surface area contributed by atoms with Gasteiger partial charge in [0, 0.05) is 12.6 Å². The molecule has 1 aromatic rings. The molecule has 2 rings (SSSR count). The Labute approximate surface area is 131 Å². The van der Waals surface area contributed by atoms with E-state index in [0.717, 1.165) is 31.7 Å². The van der Waals surface area contributed by atoms with E-state index in [4.69, 9.17) is 10.5 Å². The predicted octanol–water partition coefficient (Wildman–Crippen LogP) is 2.02. The largest absolute Gasteiger partial charge is 0.494 e. The molecule has 7 heteroatoms. The summed E-state index contributed by atoms with van der Waals surface area (Å²) in [5, 5.41) is 0. The third-order valence-electron chi connectivity index (χ3n) is 4.21. The lowest BCUT2D eigenvalue weighted by atomic mass is 9.84. The van der Waals surface area contributed by atoms with Crippen molar-refractivity contribution in [2.45, 2.75) is 43.0 Å². The minimum absolute atomic E-state index is 0.0154. The highest BCUT2D eigenvalue weighted by Gasteiger charge is 2.27. The van der Waals surface area contributed by atoms with Crippen molar-refractivity contribution in [1.29, 1.82) is 0 Å². The molecule has 3 N–H and O–H groups in total. The Hall–Kier alpha value is -1.18. The Morgan fingerprint density at radius 1 is 1.36 bits per heavy atom. The van der Waals surface area contributed by atoms with Gasteiger partial charge in [-0.05, 0) is 37.0 Å². The Balaban J connectivity index is 2.16. The summed E-state index contributed by atoms with van der Waals surface area (Å²) in [5.74, 6) is -0.439. The van der Waals surface area contributed by atoms with Gasteiger partial charge in [-0.15, -0.1) is 0 Å². The smallest absolute Gasteiger partial charge is 0.240 e. The van der Waals surface area contributed by atoms with Crippen LogP contribution in [0.4, 0.5) is 4.39 Å². The standard InChI is InChI=1S/C15H23FN2O3S/c1-21-15-8-7-12(9-13(15)16)22(19,20)18-14(10-17)11-5-3-2-4-6-11/h7-9,11,14,18H,2-6,10,17H2,1H3. The lowest BCUT2D eigenvalue weighted by Gasteiger charge is -2.29. The molecule has 0 bridgehead atoms. The van der Waals surface area contributed by atoms with Crippen molar-refractivity contribution in [3.05, 3.63) is 24.0 Å². The number of nitrogens with one attached hydrogen (secondary N) is 1. The number of nitrogens with two attached hydrogens (primary N) is 1. The average Bonchev–Trinajstić information content (AvgIpc) is 2.53. The zero-order chi connectivity index (χ0) is 16.2. The summed E-state index contributed by atoms with van der Waals surface area (Å²) >= 11 is 0. The van der Waals surface area contributed by atoms with E-state index in [2.05, 4.69) is 4.72 Å². The van der Waals surface area contributed by atoms with Crippen molar-refractivity contribution in [2.75, 3.05) is 13.7 Å². The van der Waals surface area contributed by atoms with Gasteiger partial charge in [0.15, 0.2) is 11.6 Å². The first kappa shape index (κ1) is 17.2. The van der Waals surface area contributed by atoms with Crippen LogP contribution in [0.2, 0.25) is 0 Å². The molecule has 1 saturated carbocycles. The average molecular weight is 330 g/mol. The van der Waals surface area contributed by atoms with Crippen molar-refractivity contribution in [3.8, 4) is 5.75 Å². The summed E-state index contributed by atoms with van der Waals surface area (Å²) in [4.78, 5) is -0.111. The first-order valence-electron chi connectivity index (χ1n) is 7.54. The topological polar surface area (TPSA) is 81.4 Å². The van der Waals surface area contributed by atoms with E-state index in [1.54, 1.807) is 0 Å². The minimum Gasteiger partial charge on any atom is -0.494 e. The summed E-state index contributed by atoms with van der Waals surface area (Å²) in [6.07, 6.45) is 5.33. The van der Waals surface area contributed by atoms with Crippen LogP contribution < -0.4 is 15.2 Å². The lowest BCUT2D eigenvalue weighted by Crippen LogP contribution is -2.45. The maximum atomic E-state index is 13.7. The summed E-state index contributed by atoms with van der Waals surface area (Å²) in [5.41, 5.74) is 5.74. The van der Waals surface area contributed by atoms with Gasteiger partial charge >= 0.3 is 0 Å². The molecule has 0 saturated heterocycles. The van der Waals surface area contributed by atoms with Crippen molar-refractivity contribution in [2.24, 2.45) is 11.7 Å². The van der Waals surface area contributed by atoms with E-state index in [0.29, 0.717) is 0 Å². The fourth-order valence-electron chi connectivity index (χ4n) is 2.95. The van der Waals surface area contributed by atoms with Gasteiger partial charge in [-0.2, -0.15) is 0 Å². The van der Waals surface area contributed by atoms with Gasteiger partial charge in [-0.25, -0.2) is 17.5 Å². The monoisotopic (exact) mass is 330 g/mol. The van der Waals surface area contributed by atoms with Gasteiger partial charge in [0.2, 0.25) is 10.0 Å². The van der Waals surface area contributed by atoms with Gasteiger partial charge in [0.1, 0.15) is 0 Å². The SMILES string of the molecule is COc1ccc(S(=O)(=O)NC(CN)C2CCCCC2)cc1F. The molecule has 1 aromatic carbocycles. The molecule has 5 nitrogen and oxygen atoms in total. The molecule has 1 atom stereocenters. The van der Waals surface area contributed by atoms with Crippen molar-refractivity contribution >= 4 is 10.0 Å². The highest BCUT2D eigenvalue weighted by atomic mass is 32.2. The molecule has 1 fully saturated rings. The summed E-state index contributed by atoms with van der Waals surface area (Å²) in [6, 6.07) is 3.30. The number of sulfonamides is 1. The number of hydrogen-bond donors (Lipinski definition) is 2. The van der Waals surface area contributed by atoms with E-state index < -0.39 is 15.8 Å². The van der Waals surface area contributed by atoms with Crippen LogP contribution in [-0.4, -0.2) is 28.1 Å². The van der Waals surface area contributed by atoms with E-state index in [1.165, 1.54) is 25.7 Å². The zero-order valence-electron chi connectivity index (χ0n) is 12.7. The molecule has 0 radical (unpaired) electrons. The highest BCUT2D eigenvalue weighted by molar-refractivity contribution is 7.89. The second kappa shape index (κ2) is 7.39. The van der Waals surface area contributed by atoms with Gasteiger partial charge < -0.3 is 10.5 Å². The number of methoxy groups -OCH3 is 1. The van der Waals surface area contributed by atoms with Crippen LogP contribution in [0.25, 0.3) is 0 Å². The first-order valence-corrected chi connectivity index (χ1v) is 9.02. The predicted molar refractivity (Wildman–Crippen MR) is 82.7 cm³/mol. The Kier molecular flexibility index (Phi) is 5.77. The Morgan fingerprint density at radius 2 is 2.05 bits per heavy atom.